The fourth-order valence-corrected chi connectivity index (χ4v) is 1.96. The highest BCUT2D eigenvalue weighted by Crippen LogP contribution is 2.29. The van der Waals surface area contributed by atoms with Crippen molar-refractivity contribution in [2.45, 2.75) is 31.8 Å². The zero-order valence-corrected chi connectivity index (χ0v) is 8.86. The molecule has 0 radical (unpaired) electrons. The predicted molar refractivity (Wildman–Crippen MR) is 53.3 cm³/mol. The van der Waals surface area contributed by atoms with E-state index in [9.17, 15) is 4.79 Å². The van der Waals surface area contributed by atoms with Crippen molar-refractivity contribution in [1.82, 2.24) is 10.2 Å². The van der Waals surface area contributed by atoms with Crippen molar-refractivity contribution in [1.29, 1.82) is 0 Å². The first-order valence-corrected chi connectivity index (χ1v) is 4.36. The van der Waals surface area contributed by atoms with Crippen LogP contribution in [0.3, 0.4) is 0 Å². The summed E-state index contributed by atoms with van der Waals surface area (Å²) in [6.07, 6.45) is 1.90. The van der Waals surface area contributed by atoms with Gasteiger partial charge in [-0.1, -0.05) is 6.92 Å². The lowest BCUT2D eigenvalue weighted by Crippen LogP contribution is -2.55. The van der Waals surface area contributed by atoms with Gasteiger partial charge in [0.1, 0.15) is 0 Å². The Balaban J connectivity index is 0.00000144. The molecular formula is C8H17ClN2O2. The van der Waals surface area contributed by atoms with Crippen molar-refractivity contribution in [3.63, 3.8) is 0 Å². The van der Waals surface area contributed by atoms with Gasteiger partial charge >= 0.3 is 6.09 Å². The molecule has 5 heteroatoms. The van der Waals surface area contributed by atoms with Gasteiger partial charge in [0.25, 0.3) is 0 Å². The molecule has 1 heterocycles. The molecule has 0 bridgehead atoms. The zero-order chi connectivity index (χ0) is 9.19. The highest BCUT2D eigenvalue weighted by Gasteiger charge is 2.40. The number of rotatable bonds is 2. The van der Waals surface area contributed by atoms with Crippen molar-refractivity contribution >= 4 is 18.5 Å². The minimum Gasteiger partial charge on any atom is -0.465 e. The van der Waals surface area contributed by atoms with Crippen LogP contribution in [0.4, 0.5) is 4.79 Å². The molecule has 0 saturated carbocycles. The first kappa shape index (κ1) is 12.5. The monoisotopic (exact) mass is 208 g/mol. The second kappa shape index (κ2) is 4.67. The maximum atomic E-state index is 10.8. The summed E-state index contributed by atoms with van der Waals surface area (Å²) in [7, 11) is 1.82. The smallest absolute Gasteiger partial charge is 0.408 e. The summed E-state index contributed by atoms with van der Waals surface area (Å²) in [6, 6.07) is 0. The standard InChI is InChI=1S/C8H16N2O2.ClH/c1-3-8(9-2)5-4-6-10(8)7(11)12;/h9H,3-6H2,1-2H3,(H,11,12);1H. The van der Waals surface area contributed by atoms with E-state index in [1.807, 2.05) is 14.0 Å². The minimum atomic E-state index is -0.816. The minimum absolute atomic E-state index is 0. The van der Waals surface area contributed by atoms with Gasteiger partial charge in [-0.05, 0) is 26.3 Å². The van der Waals surface area contributed by atoms with Crippen LogP contribution >= 0.6 is 12.4 Å². The summed E-state index contributed by atoms with van der Waals surface area (Å²) >= 11 is 0. The molecule has 1 rings (SSSR count). The third-order valence-electron chi connectivity index (χ3n) is 2.77. The number of hydrogen-bond donors (Lipinski definition) is 2. The van der Waals surface area contributed by atoms with E-state index in [4.69, 9.17) is 5.11 Å². The molecule has 0 aromatic carbocycles. The second-order valence-electron chi connectivity index (χ2n) is 3.17. The van der Waals surface area contributed by atoms with Crippen molar-refractivity contribution < 1.29 is 9.90 Å². The molecule has 1 unspecified atom stereocenters. The fraction of sp³-hybridized carbons (Fsp3) is 0.875. The van der Waals surface area contributed by atoms with Gasteiger partial charge in [0.15, 0.2) is 0 Å². The molecule has 0 spiro atoms. The van der Waals surface area contributed by atoms with Crippen LogP contribution in [0.1, 0.15) is 26.2 Å². The van der Waals surface area contributed by atoms with Gasteiger partial charge in [0.05, 0.1) is 5.66 Å². The van der Waals surface area contributed by atoms with Crippen LogP contribution in [0.25, 0.3) is 0 Å². The largest absolute Gasteiger partial charge is 0.465 e. The van der Waals surface area contributed by atoms with Gasteiger partial charge in [0.2, 0.25) is 0 Å². The van der Waals surface area contributed by atoms with Crippen molar-refractivity contribution in [2.75, 3.05) is 13.6 Å². The van der Waals surface area contributed by atoms with Crippen LogP contribution < -0.4 is 5.32 Å². The van der Waals surface area contributed by atoms with Crippen LogP contribution in [-0.4, -0.2) is 35.4 Å². The average molecular weight is 209 g/mol. The number of nitrogens with one attached hydrogen (secondary N) is 1. The Morgan fingerprint density at radius 3 is 2.62 bits per heavy atom. The van der Waals surface area contributed by atoms with Crippen LogP contribution in [0.15, 0.2) is 0 Å². The molecule has 0 aromatic rings. The van der Waals surface area contributed by atoms with Gasteiger partial charge < -0.3 is 5.11 Å². The Morgan fingerprint density at radius 2 is 2.31 bits per heavy atom. The number of carboxylic acid groups (broad SMARTS) is 1. The summed E-state index contributed by atoms with van der Waals surface area (Å²) < 4.78 is 0. The number of nitrogens with zero attached hydrogens (tertiary/aromatic N) is 1. The van der Waals surface area contributed by atoms with E-state index in [1.165, 1.54) is 4.90 Å². The van der Waals surface area contributed by atoms with Crippen molar-refractivity contribution in [3.8, 4) is 0 Å². The van der Waals surface area contributed by atoms with Crippen LogP contribution in [-0.2, 0) is 0 Å². The molecular weight excluding hydrogens is 192 g/mol. The maximum Gasteiger partial charge on any atom is 0.408 e. The molecule has 1 aliphatic heterocycles. The van der Waals surface area contributed by atoms with E-state index < -0.39 is 6.09 Å². The lowest BCUT2D eigenvalue weighted by atomic mass is 10.0. The fourth-order valence-electron chi connectivity index (χ4n) is 1.96. The molecule has 13 heavy (non-hydrogen) atoms. The molecule has 1 amide bonds. The van der Waals surface area contributed by atoms with Crippen LogP contribution in [0, 0.1) is 0 Å². The number of carbonyl (C=O) groups is 1. The number of amides is 1. The van der Waals surface area contributed by atoms with E-state index in [2.05, 4.69) is 5.32 Å². The van der Waals surface area contributed by atoms with E-state index in [1.54, 1.807) is 0 Å². The van der Waals surface area contributed by atoms with E-state index in [0.29, 0.717) is 6.54 Å². The summed E-state index contributed by atoms with van der Waals surface area (Å²) in [5.74, 6) is 0. The summed E-state index contributed by atoms with van der Waals surface area (Å²) in [6.45, 7) is 2.67. The predicted octanol–water partition coefficient (Wildman–Crippen LogP) is 1.51. The molecule has 4 nitrogen and oxygen atoms in total. The van der Waals surface area contributed by atoms with Gasteiger partial charge in [-0.25, -0.2) is 4.79 Å². The van der Waals surface area contributed by atoms with Gasteiger partial charge in [-0.15, -0.1) is 12.4 Å². The Morgan fingerprint density at radius 1 is 1.69 bits per heavy atom. The lowest BCUT2D eigenvalue weighted by molar-refractivity contribution is 0.0844. The Labute approximate surface area is 84.7 Å². The summed E-state index contributed by atoms with van der Waals surface area (Å²) in [5, 5.41) is 12.0. The zero-order valence-electron chi connectivity index (χ0n) is 8.04. The molecule has 2 N–H and O–H groups in total. The Bertz CT molecular complexity index is 183. The molecule has 1 atom stereocenters. The van der Waals surface area contributed by atoms with Gasteiger partial charge in [-0.3, -0.25) is 10.2 Å². The van der Waals surface area contributed by atoms with Crippen molar-refractivity contribution in [3.05, 3.63) is 0 Å². The third-order valence-corrected chi connectivity index (χ3v) is 2.77. The van der Waals surface area contributed by atoms with Gasteiger partial charge in [-0.2, -0.15) is 0 Å². The van der Waals surface area contributed by atoms with Crippen LogP contribution in [0.2, 0.25) is 0 Å². The third kappa shape index (κ3) is 2.06. The van der Waals surface area contributed by atoms with Crippen LogP contribution in [0.5, 0.6) is 0 Å². The lowest BCUT2D eigenvalue weighted by Gasteiger charge is -2.35. The maximum absolute atomic E-state index is 10.8. The first-order valence-electron chi connectivity index (χ1n) is 4.36. The Hall–Kier alpha value is -0.480. The van der Waals surface area contributed by atoms with E-state index in [-0.39, 0.29) is 18.1 Å². The highest BCUT2D eigenvalue weighted by atomic mass is 35.5. The normalized spacial score (nSPS) is 27.1. The molecule has 0 aromatic heterocycles. The summed E-state index contributed by atoms with van der Waals surface area (Å²) in [4.78, 5) is 12.3. The van der Waals surface area contributed by atoms with Crippen molar-refractivity contribution in [2.24, 2.45) is 0 Å². The molecule has 0 aliphatic carbocycles. The highest BCUT2D eigenvalue weighted by molar-refractivity contribution is 5.85. The van der Waals surface area contributed by atoms with Gasteiger partial charge in [0, 0.05) is 6.54 Å². The first-order chi connectivity index (χ1) is 5.66. The number of hydrogen-bond acceptors (Lipinski definition) is 2. The Kier molecular flexibility index (Phi) is 4.50. The SMILES string of the molecule is CCC1(NC)CCCN1C(=O)O.Cl. The molecule has 78 valence electrons. The summed E-state index contributed by atoms with van der Waals surface area (Å²) in [5.41, 5.74) is -0.300. The van der Waals surface area contributed by atoms with E-state index >= 15 is 0 Å². The number of likely N-dealkylation sites (tertiary alicyclic amines) is 1. The molecule has 1 fully saturated rings. The second-order valence-corrected chi connectivity index (χ2v) is 3.17. The molecule has 1 aliphatic rings. The quantitative estimate of drug-likeness (QED) is 0.724. The average Bonchev–Trinajstić information content (AvgIpc) is 2.48. The topological polar surface area (TPSA) is 52.6 Å². The van der Waals surface area contributed by atoms with E-state index in [0.717, 1.165) is 19.3 Å². The number of halogens is 1. The molecule has 1 saturated heterocycles.